The molecule has 7 nitrogen and oxygen atoms in total. The third kappa shape index (κ3) is 4.29. The second kappa shape index (κ2) is 9.76. The number of ketones is 1. The monoisotopic (exact) mass is 553 g/mol. The molecule has 5 aromatic rings. The molecule has 3 aromatic carbocycles. The standard InChI is InChI=1S/C30H23N3O4S2/c1-16-12-13-21-22(14-16)38-30(32-21)33-24(19-10-7-11-20(15-19)37-3)23(26(35)29(33)36)25(34)27-17(2)31-28(39-27)18-8-5-4-6-9-18/h4-15,24,35H,1-3H3. The van der Waals surface area contributed by atoms with Gasteiger partial charge >= 0.3 is 0 Å². The fourth-order valence-electron chi connectivity index (χ4n) is 4.72. The molecular weight excluding hydrogens is 530 g/mol. The fourth-order valence-corrected chi connectivity index (χ4v) is 6.83. The Morgan fingerprint density at radius 1 is 0.974 bits per heavy atom. The molecule has 1 atom stereocenters. The molecule has 1 unspecified atom stereocenters. The number of aliphatic hydroxyl groups is 1. The maximum atomic E-state index is 14.1. The number of benzene rings is 3. The van der Waals surface area contributed by atoms with Crippen LogP contribution in [0, 0.1) is 13.8 Å². The lowest BCUT2D eigenvalue weighted by Gasteiger charge is -2.24. The van der Waals surface area contributed by atoms with Crippen LogP contribution in [0.3, 0.4) is 0 Å². The molecule has 39 heavy (non-hydrogen) atoms. The minimum atomic E-state index is -0.900. The van der Waals surface area contributed by atoms with Gasteiger partial charge in [0.2, 0.25) is 5.78 Å². The van der Waals surface area contributed by atoms with Crippen molar-refractivity contribution in [3.63, 3.8) is 0 Å². The minimum absolute atomic E-state index is 0.00458. The van der Waals surface area contributed by atoms with Crippen LogP contribution < -0.4 is 9.64 Å². The van der Waals surface area contributed by atoms with E-state index in [1.54, 1.807) is 32.2 Å². The van der Waals surface area contributed by atoms with E-state index in [4.69, 9.17) is 9.72 Å². The molecular formula is C30H23N3O4S2. The average Bonchev–Trinajstić information content (AvgIpc) is 3.62. The summed E-state index contributed by atoms with van der Waals surface area (Å²) in [6.45, 7) is 3.75. The van der Waals surface area contributed by atoms with E-state index < -0.39 is 23.5 Å². The van der Waals surface area contributed by atoms with Gasteiger partial charge in [-0.3, -0.25) is 14.5 Å². The zero-order valence-electron chi connectivity index (χ0n) is 21.3. The van der Waals surface area contributed by atoms with Crippen LogP contribution in [0.15, 0.2) is 84.1 Å². The molecule has 9 heteroatoms. The lowest BCUT2D eigenvalue weighted by molar-refractivity contribution is -0.117. The van der Waals surface area contributed by atoms with Crippen LogP contribution in [0.25, 0.3) is 20.8 Å². The smallest absolute Gasteiger partial charge is 0.296 e. The third-order valence-electron chi connectivity index (χ3n) is 6.62. The van der Waals surface area contributed by atoms with Gasteiger partial charge in [0.1, 0.15) is 10.8 Å². The molecule has 2 aromatic heterocycles. The van der Waals surface area contributed by atoms with Crippen molar-refractivity contribution in [1.29, 1.82) is 0 Å². The summed E-state index contributed by atoms with van der Waals surface area (Å²) < 4.78 is 6.34. The van der Waals surface area contributed by atoms with E-state index in [0.717, 1.165) is 21.3 Å². The summed E-state index contributed by atoms with van der Waals surface area (Å²) in [5, 5.41) is 12.3. The number of carbonyl (C=O) groups is 2. The number of ether oxygens (including phenoxy) is 1. The van der Waals surface area contributed by atoms with Crippen molar-refractivity contribution in [2.24, 2.45) is 0 Å². The van der Waals surface area contributed by atoms with Gasteiger partial charge in [-0.15, -0.1) is 11.3 Å². The van der Waals surface area contributed by atoms with Crippen molar-refractivity contribution < 1.29 is 19.4 Å². The van der Waals surface area contributed by atoms with Gasteiger partial charge in [-0.1, -0.05) is 59.9 Å². The van der Waals surface area contributed by atoms with E-state index in [-0.39, 0.29) is 5.57 Å². The third-order valence-corrected chi connectivity index (χ3v) is 8.85. The number of thiazole rings is 2. The van der Waals surface area contributed by atoms with Crippen molar-refractivity contribution in [3.05, 3.63) is 106 Å². The number of aromatic nitrogens is 2. The zero-order chi connectivity index (χ0) is 27.3. The van der Waals surface area contributed by atoms with Crippen LogP contribution in [0.1, 0.15) is 32.5 Å². The van der Waals surface area contributed by atoms with Gasteiger partial charge in [0, 0.05) is 5.56 Å². The largest absolute Gasteiger partial charge is 0.503 e. The Balaban J connectivity index is 1.49. The number of anilines is 1. The van der Waals surface area contributed by atoms with E-state index in [9.17, 15) is 14.7 Å². The molecule has 194 valence electrons. The number of amides is 1. The maximum absolute atomic E-state index is 14.1. The summed E-state index contributed by atoms with van der Waals surface area (Å²) >= 11 is 2.59. The van der Waals surface area contributed by atoms with Gasteiger partial charge < -0.3 is 9.84 Å². The summed E-state index contributed by atoms with van der Waals surface area (Å²) in [5.74, 6) is -1.13. The van der Waals surface area contributed by atoms with Crippen LogP contribution in [-0.4, -0.2) is 33.9 Å². The molecule has 1 aliphatic heterocycles. The van der Waals surface area contributed by atoms with Gasteiger partial charge in [0.05, 0.1) is 39.5 Å². The number of aliphatic hydroxyl groups excluding tert-OH is 1. The predicted octanol–water partition coefficient (Wildman–Crippen LogP) is 6.83. The minimum Gasteiger partial charge on any atom is -0.503 e. The average molecular weight is 554 g/mol. The second-order valence-electron chi connectivity index (χ2n) is 9.21. The van der Waals surface area contributed by atoms with Gasteiger partial charge in [-0.2, -0.15) is 0 Å². The van der Waals surface area contributed by atoms with Crippen molar-refractivity contribution in [2.75, 3.05) is 12.0 Å². The van der Waals surface area contributed by atoms with Crippen LogP contribution in [0.4, 0.5) is 5.13 Å². The summed E-state index contributed by atoms with van der Waals surface area (Å²) in [4.78, 5) is 38.9. The number of carbonyl (C=O) groups excluding carboxylic acids is 2. The number of rotatable bonds is 6. The summed E-state index contributed by atoms with van der Waals surface area (Å²) in [6, 6.07) is 21.7. The molecule has 3 heterocycles. The predicted molar refractivity (Wildman–Crippen MR) is 154 cm³/mol. The Morgan fingerprint density at radius 3 is 2.54 bits per heavy atom. The Morgan fingerprint density at radius 2 is 1.77 bits per heavy atom. The topological polar surface area (TPSA) is 92.6 Å². The first-order chi connectivity index (χ1) is 18.9. The van der Waals surface area contributed by atoms with Gasteiger partial charge in [-0.25, -0.2) is 9.97 Å². The summed E-state index contributed by atoms with van der Waals surface area (Å²) in [5.41, 5.74) is 3.85. The maximum Gasteiger partial charge on any atom is 0.296 e. The highest BCUT2D eigenvalue weighted by molar-refractivity contribution is 7.22. The fraction of sp³-hybridized carbons (Fsp3) is 0.133. The Labute approximate surface area is 232 Å². The number of hydrogen-bond acceptors (Lipinski definition) is 8. The molecule has 0 radical (unpaired) electrons. The van der Waals surface area contributed by atoms with Crippen molar-refractivity contribution in [1.82, 2.24) is 9.97 Å². The SMILES string of the molecule is COc1cccc(C2C(C(=O)c3sc(-c4ccccc4)nc3C)=C(O)C(=O)N2c2nc3ccc(C)cc3s2)c1. The highest BCUT2D eigenvalue weighted by Gasteiger charge is 2.46. The Bertz CT molecular complexity index is 1790. The summed E-state index contributed by atoms with van der Waals surface area (Å²) in [7, 11) is 1.55. The molecule has 0 saturated heterocycles. The summed E-state index contributed by atoms with van der Waals surface area (Å²) in [6.07, 6.45) is 0. The van der Waals surface area contributed by atoms with E-state index in [2.05, 4.69) is 4.98 Å². The molecule has 1 N–H and O–H groups in total. The molecule has 0 fully saturated rings. The number of fused-ring (bicyclic) bond motifs is 1. The first kappa shape index (κ1) is 25.0. The van der Waals surface area contributed by atoms with E-state index >= 15 is 0 Å². The lowest BCUT2D eigenvalue weighted by atomic mass is 9.95. The van der Waals surface area contributed by atoms with Crippen LogP contribution in [0.5, 0.6) is 5.75 Å². The van der Waals surface area contributed by atoms with E-state index in [0.29, 0.717) is 32.0 Å². The van der Waals surface area contributed by atoms with Gasteiger partial charge in [0.25, 0.3) is 5.91 Å². The van der Waals surface area contributed by atoms with Crippen LogP contribution >= 0.6 is 22.7 Å². The number of Topliss-reactive ketones (excluding diaryl/α,β-unsaturated/α-hetero) is 1. The van der Waals surface area contributed by atoms with E-state index in [1.165, 1.54) is 27.6 Å². The molecule has 1 aliphatic rings. The van der Waals surface area contributed by atoms with Crippen LogP contribution in [-0.2, 0) is 4.79 Å². The molecule has 0 bridgehead atoms. The number of aryl methyl sites for hydroxylation is 2. The number of hydrogen-bond donors (Lipinski definition) is 1. The highest BCUT2D eigenvalue weighted by Crippen LogP contribution is 2.45. The van der Waals surface area contributed by atoms with E-state index in [1.807, 2.05) is 61.5 Å². The molecule has 1 amide bonds. The molecule has 0 saturated carbocycles. The van der Waals surface area contributed by atoms with Gasteiger partial charge in [0.15, 0.2) is 10.9 Å². The Hall–Kier alpha value is -4.34. The first-order valence-electron chi connectivity index (χ1n) is 12.2. The normalized spacial score (nSPS) is 15.4. The van der Waals surface area contributed by atoms with Crippen molar-refractivity contribution in [2.45, 2.75) is 19.9 Å². The highest BCUT2D eigenvalue weighted by atomic mass is 32.1. The van der Waals surface area contributed by atoms with Gasteiger partial charge in [-0.05, 0) is 49.2 Å². The quantitative estimate of drug-likeness (QED) is 0.232. The number of methoxy groups -OCH3 is 1. The van der Waals surface area contributed by atoms with Crippen molar-refractivity contribution >= 4 is 49.7 Å². The molecule has 0 spiro atoms. The first-order valence-corrected chi connectivity index (χ1v) is 13.8. The zero-order valence-corrected chi connectivity index (χ0v) is 23.0. The van der Waals surface area contributed by atoms with Crippen LogP contribution in [0.2, 0.25) is 0 Å². The van der Waals surface area contributed by atoms with Crippen molar-refractivity contribution in [3.8, 4) is 16.3 Å². The lowest BCUT2D eigenvalue weighted by Crippen LogP contribution is -2.31. The second-order valence-corrected chi connectivity index (χ2v) is 11.2. The molecule has 6 rings (SSSR count). The molecule has 0 aliphatic carbocycles. The number of nitrogens with zero attached hydrogens (tertiary/aromatic N) is 3. The Kier molecular flexibility index (Phi) is 6.25.